The molecule has 0 aromatic heterocycles. The van der Waals surface area contributed by atoms with E-state index in [9.17, 15) is 14.4 Å². The molecule has 0 radical (unpaired) electrons. The molecule has 0 heterocycles. The van der Waals surface area contributed by atoms with Crippen LogP contribution in [0.4, 0.5) is 0 Å². The van der Waals surface area contributed by atoms with Gasteiger partial charge in [-0.2, -0.15) is 0 Å². The second-order valence-corrected chi connectivity index (χ2v) is 6.39. The van der Waals surface area contributed by atoms with Crippen LogP contribution < -0.4 is 0 Å². The van der Waals surface area contributed by atoms with Gasteiger partial charge in [0.25, 0.3) is 0 Å². The zero-order chi connectivity index (χ0) is 18.1. The quantitative estimate of drug-likeness (QED) is 0.833. The first-order valence-corrected chi connectivity index (χ1v) is 7.98. The van der Waals surface area contributed by atoms with Crippen molar-refractivity contribution in [1.82, 2.24) is 4.90 Å². The van der Waals surface area contributed by atoms with Gasteiger partial charge in [0.15, 0.2) is 11.5 Å². The highest BCUT2D eigenvalue weighted by Crippen LogP contribution is 2.41. The predicted molar refractivity (Wildman–Crippen MR) is 90.8 cm³/mol. The lowest BCUT2D eigenvalue weighted by Crippen LogP contribution is -2.44. The molecule has 0 spiro atoms. The van der Waals surface area contributed by atoms with Gasteiger partial charge in [-0.3, -0.25) is 14.4 Å². The molecular weight excluding hydrogens is 306 g/mol. The Morgan fingerprint density at radius 2 is 1.67 bits per heavy atom. The van der Waals surface area contributed by atoms with E-state index >= 15 is 0 Å². The van der Waals surface area contributed by atoms with E-state index in [1.807, 2.05) is 6.92 Å². The molecule has 0 fully saturated rings. The number of Topliss-reactive ketones (excluding diaryl/α,β-unsaturated/α-hetero) is 2. The summed E-state index contributed by atoms with van der Waals surface area (Å²) in [7, 11) is 4.65. The second kappa shape index (κ2) is 6.59. The number of hydrogen-bond acceptors (Lipinski definition) is 4. The highest BCUT2D eigenvalue weighted by atomic mass is 16.5. The number of methoxy groups -OCH3 is 1. The summed E-state index contributed by atoms with van der Waals surface area (Å²) in [6.45, 7) is 3.66. The molecule has 0 saturated heterocycles. The largest absolute Gasteiger partial charge is 0.492 e. The van der Waals surface area contributed by atoms with Gasteiger partial charge in [-0.1, -0.05) is 37.6 Å². The Balaban J connectivity index is 2.75. The average molecular weight is 329 g/mol. The highest BCUT2D eigenvalue weighted by molar-refractivity contribution is 6.27. The number of hydrogen-bond donors (Lipinski definition) is 0. The van der Waals surface area contributed by atoms with E-state index < -0.39 is 5.41 Å². The fraction of sp³-hybridized carbons (Fsp3) is 0.421. The van der Waals surface area contributed by atoms with Gasteiger partial charge >= 0.3 is 0 Å². The predicted octanol–water partition coefficient (Wildman–Crippen LogP) is 2.86. The molecule has 1 aliphatic rings. The summed E-state index contributed by atoms with van der Waals surface area (Å²) in [6.07, 6.45) is 1.15. The molecule has 0 N–H and O–H groups in total. The summed E-state index contributed by atoms with van der Waals surface area (Å²) in [5, 5.41) is 0. The van der Waals surface area contributed by atoms with Crippen LogP contribution in [0, 0.1) is 5.41 Å². The molecule has 5 heteroatoms. The first-order chi connectivity index (χ1) is 11.3. The van der Waals surface area contributed by atoms with Crippen molar-refractivity contribution < 1.29 is 19.1 Å². The summed E-state index contributed by atoms with van der Waals surface area (Å²) in [5.74, 6) is -0.899. The molecule has 5 nitrogen and oxygen atoms in total. The van der Waals surface area contributed by atoms with Crippen LogP contribution in [0.25, 0.3) is 0 Å². The number of amides is 1. The number of carbonyl (C=O) groups excluding carboxylic acids is 3. The van der Waals surface area contributed by atoms with Gasteiger partial charge in [0.2, 0.25) is 11.7 Å². The molecule has 1 amide bonds. The van der Waals surface area contributed by atoms with Crippen molar-refractivity contribution in [1.29, 1.82) is 0 Å². The Bertz CT molecular complexity index is 733. The Morgan fingerprint density at radius 3 is 2.12 bits per heavy atom. The molecule has 1 unspecified atom stereocenters. The van der Waals surface area contributed by atoms with Crippen molar-refractivity contribution >= 4 is 17.5 Å². The van der Waals surface area contributed by atoms with E-state index in [0.29, 0.717) is 24.0 Å². The van der Waals surface area contributed by atoms with Crippen LogP contribution in [-0.4, -0.2) is 43.6 Å². The third-order valence-electron chi connectivity index (χ3n) is 4.46. The summed E-state index contributed by atoms with van der Waals surface area (Å²) >= 11 is 0. The molecule has 128 valence electrons. The van der Waals surface area contributed by atoms with Gasteiger partial charge in [-0.05, 0) is 13.3 Å². The van der Waals surface area contributed by atoms with Crippen LogP contribution in [0.3, 0.4) is 0 Å². The molecule has 1 aliphatic carbocycles. The Morgan fingerprint density at radius 1 is 1.12 bits per heavy atom. The molecule has 1 aromatic rings. The van der Waals surface area contributed by atoms with Crippen LogP contribution in [0.5, 0.6) is 0 Å². The van der Waals surface area contributed by atoms with Gasteiger partial charge in [-0.15, -0.1) is 0 Å². The van der Waals surface area contributed by atoms with Gasteiger partial charge in [0.1, 0.15) is 0 Å². The monoisotopic (exact) mass is 329 g/mol. The fourth-order valence-electron chi connectivity index (χ4n) is 3.38. The van der Waals surface area contributed by atoms with Crippen LogP contribution in [0.2, 0.25) is 0 Å². The third-order valence-corrected chi connectivity index (χ3v) is 4.46. The van der Waals surface area contributed by atoms with Crippen molar-refractivity contribution in [3.8, 4) is 0 Å². The zero-order valence-electron chi connectivity index (χ0n) is 14.8. The van der Waals surface area contributed by atoms with Crippen LogP contribution in [0.15, 0.2) is 35.6 Å². The van der Waals surface area contributed by atoms with E-state index in [1.54, 1.807) is 45.3 Å². The lowest BCUT2D eigenvalue weighted by atomic mass is 9.70. The minimum atomic E-state index is -1.11. The van der Waals surface area contributed by atoms with Gasteiger partial charge < -0.3 is 9.64 Å². The molecule has 0 bridgehead atoms. The number of fused-ring (bicyclic) bond motifs is 1. The number of ether oxygens (including phenoxy) is 1. The average Bonchev–Trinajstić information content (AvgIpc) is 2.57. The number of rotatable bonds is 5. The van der Waals surface area contributed by atoms with Crippen molar-refractivity contribution in [2.75, 3.05) is 21.2 Å². The Labute approximate surface area is 142 Å². The number of benzene rings is 1. The van der Waals surface area contributed by atoms with Gasteiger partial charge in [0.05, 0.1) is 18.1 Å². The minimum absolute atomic E-state index is 0.0233. The number of allylic oxidation sites excluding steroid dienone is 1. The zero-order valence-corrected chi connectivity index (χ0v) is 14.8. The van der Waals surface area contributed by atoms with Crippen molar-refractivity contribution in [3.63, 3.8) is 0 Å². The second-order valence-electron chi connectivity index (χ2n) is 6.39. The van der Waals surface area contributed by atoms with E-state index in [1.165, 1.54) is 12.0 Å². The Kier molecular flexibility index (Phi) is 4.92. The lowest BCUT2D eigenvalue weighted by Gasteiger charge is -2.35. The van der Waals surface area contributed by atoms with E-state index in [-0.39, 0.29) is 28.8 Å². The molecule has 2 rings (SSSR count). The van der Waals surface area contributed by atoms with Crippen LogP contribution in [-0.2, 0) is 9.53 Å². The summed E-state index contributed by atoms with van der Waals surface area (Å²) in [5.41, 5.74) is -0.301. The van der Waals surface area contributed by atoms with E-state index in [0.717, 1.165) is 0 Å². The standard InChI is InChI=1S/C19H23NO4/c1-6-11-19(2,18(23)20(3)4)14-15(21)12-9-7-8-10-13(12)16(22)17(14)24-5/h7-10H,6,11H2,1-5H3. The smallest absolute Gasteiger partial charge is 0.232 e. The topological polar surface area (TPSA) is 63.7 Å². The van der Waals surface area contributed by atoms with Crippen molar-refractivity contribution in [2.45, 2.75) is 26.7 Å². The number of ketones is 2. The van der Waals surface area contributed by atoms with Crippen molar-refractivity contribution in [3.05, 3.63) is 46.7 Å². The first kappa shape index (κ1) is 17.9. The molecule has 24 heavy (non-hydrogen) atoms. The highest BCUT2D eigenvalue weighted by Gasteiger charge is 2.47. The molecule has 1 aromatic carbocycles. The first-order valence-electron chi connectivity index (χ1n) is 7.98. The summed E-state index contributed by atoms with van der Waals surface area (Å²) in [4.78, 5) is 40.2. The minimum Gasteiger partial charge on any atom is -0.492 e. The van der Waals surface area contributed by atoms with E-state index in [4.69, 9.17) is 4.74 Å². The molecule has 0 saturated carbocycles. The normalized spacial score (nSPS) is 16.5. The molecule has 0 aliphatic heterocycles. The van der Waals surface area contributed by atoms with Gasteiger partial charge in [0, 0.05) is 25.2 Å². The number of carbonyl (C=O) groups is 3. The van der Waals surface area contributed by atoms with Crippen molar-refractivity contribution in [2.24, 2.45) is 5.41 Å². The van der Waals surface area contributed by atoms with Crippen LogP contribution in [0.1, 0.15) is 47.4 Å². The third kappa shape index (κ3) is 2.64. The summed E-state index contributed by atoms with van der Waals surface area (Å²) < 4.78 is 5.30. The molecule has 1 atom stereocenters. The fourth-order valence-corrected chi connectivity index (χ4v) is 3.38. The maximum absolute atomic E-state index is 13.1. The Hall–Kier alpha value is -2.43. The number of nitrogens with zero attached hydrogens (tertiary/aromatic N) is 1. The lowest BCUT2D eigenvalue weighted by molar-refractivity contribution is -0.136. The summed E-state index contributed by atoms with van der Waals surface area (Å²) in [6, 6.07) is 6.65. The molecular formula is C19H23NO4. The SMILES string of the molecule is CCCC(C)(C(=O)N(C)C)C1=C(OC)C(=O)c2ccccc2C1=O. The maximum Gasteiger partial charge on any atom is 0.232 e. The maximum atomic E-state index is 13.1. The van der Waals surface area contributed by atoms with Gasteiger partial charge in [-0.25, -0.2) is 0 Å². The van der Waals surface area contributed by atoms with E-state index in [2.05, 4.69) is 0 Å². The van der Waals surface area contributed by atoms with Crippen LogP contribution >= 0.6 is 0 Å².